The van der Waals surface area contributed by atoms with E-state index in [0.717, 1.165) is 0 Å². The Labute approximate surface area is 136 Å². The highest BCUT2D eigenvalue weighted by Gasteiger charge is 2.19. The number of carboxylic acid groups (broad SMARTS) is 1. The molecular formula is C16H11ClNO5-. The lowest BCUT2D eigenvalue weighted by atomic mass is 10.1. The zero-order valence-electron chi connectivity index (χ0n) is 11.8. The third-order valence-corrected chi connectivity index (χ3v) is 3.60. The van der Waals surface area contributed by atoms with Crippen LogP contribution in [0.4, 0.5) is 5.69 Å². The van der Waals surface area contributed by atoms with Crippen molar-refractivity contribution in [1.29, 1.82) is 0 Å². The highest BCUT2D eigenvalue weighted by atomic mass is 35.5. The molecule has 6 nitrogen and oxygen atoms in total. The Bertz CT molecular complexity index is 790. The highest BCUT2D eigenvalue weighted by Crippen LogP contribution is 2.35. The zero-order valence-corrected chi connectivity index (χ0v) is 12.6. The number of anilines is 1. The maximum atomic E-state index is 12.3. The summed E-state index contributed by atoms with van der Waals surface area (Å²) in [5.41, 5.74) is 0.0853. The number of carbonyl (C=O) groups excluding carboxylic acids is 2. The van der Waals surface area contributed by atoms with Gasteiger partial charge in [-0.1, -0.05) is 23.7 Å². The van der Waals surface area contributed by atoms with Crippen molar-refractivity contribution < 1.29 is 24.2 Å². The Morgan fingerprint density at radius 3 is 2.35 bits per heavy atom. The molecule has 1 aliphatic heterocycles. The Morgan fingerprint density at radius 1 is 1.04 bits per heavy atom. The monoisotopic (exact) mass is 332 g/mol. The minimum atomic E-state index is -1.43. The van der Waals surface area contributed by atoms with Gasteiger partial charge in [-0.2, -0.15) is 0 Å². The van der Waals surface area contributed by atoms with Crippen molar-refractivity contribution >= 4 is 29.2 Å². The molecule has 1 amide bonds. The van der Waals surface area contributed by atoms with Gasteiger partial charge in [0.2, 0.25) is 0 Å². The summed E-state index contributed by atoms with van der Waals surface area (Å²) in [6, 6.07) is 9.12. The van der Waals surface area contributed by atoms with Crippen molar-refractivity contribution in [3.63, 3.8) is 0 Å². The average Bonchev–Trinajstić information content (AvgIpc) is 2.54. The number of amides is 1. The van der Waals surface area contributed by atoms with Crippen LogP contribution in [0.5, 0.6) is 11.5 Å². The van der Waals surface area contributed by atoms with E-state index < -0.39 is 11.9 Å². The fraction of sp³-hybridized carbons (Fsp3) is 0.125. The second-order valence-corrected chi connectivity index (χ2v) is 5.17. The van der Waals surface area contributed by atoms with Crippen LogP contribution in [0.2, 0.25) is 5.02 Å². The molecule has 0 atom stereocenters. The molecule has 1 aliphatic rings. The van der Waals surface area contributed by atoms with Gasteiger partial charge in [-0.15, -0.1) is 0 Å². The van der Waals surface area contributed by atoms with Crippen LogP contribution in [0.3, 0.4) is 0 Å². The van der Waals surface area contributed by atoms with Crippen LogP contribution in [0, 0.1) is 0 Å². The summed E-state index contributed by atoms with van der Waals surface area (Å²) in [5.74, 6) is -1.31. The number of benzene rings is 2. The van der Waals surface area contributed by atoms with E-state index in [4.69, 9.17) is 21.1 Å². The number of carbonyl (C=O) groups is 2. The summed E-state index contributed by atoms with van der Waals surface area (Å²) >= 11 is 5.97. The van der Waals surface area contributed by atoms with Crippen LogP contribution in [-0.2, 0) is 0 Å². The first-order chi connectivity index (χ1) is 11.1. The lowest BCUT2D eigenvalue weighted by molar-refractivity contribution is -0.254. The van der Waals surface area contributed by atoms with Crippen LogP contribution >= 0.6 is 11.6 Å². The molecule has 7 heteroatoms. The molecule has 1 N–H and O–H groups in total. The molecule has 23 heavy (non-hydrogen) atoms. The fourth-order valence-corrected chi connectivity index (χ4v) is 2.42. The predicted molar refractivity (Wildman–Crippen MR) is 81.2 cm³/mol. The molecule has 1 heterocycles. The van der Waals surface area contributed by atoms with Gasteiger partial charge in [-0.05, 0) is 18.2 Å². The Balaban J connectivity index is 1.97. The molecule has 0 bridgehead atoms. The normalized spacial score (nSPS) is 12.6. The Hall–Kier alpha value is -2.73. The number of ether oxygens (including phenoxy) is 2. The average molecular weight is 333 g/mol. The van der Waals surface area contributed by atoms with Gasteiger partial charge in [0, 0.05) is 11.6 Å². The van der Waals surface area contributed by atoms with E-state index in [9.17, 15) is 14.7 Å². The van der Waals surface area contributed by atoms with Crippen molar-refractivity contribution in [3.8, 4) is 11.5 Å². The number of rotatable bonds is 3. The van der Waals surface area contributed by atoms with E-state index in [1.54, 1.807) is 18.2 Å². The lowest BCUT2D eigenvalue weighted by Gasteiger charge is -2.21. The smallest absolute Gasteiger partial charge is 0.257 e. The van der Waals surface area contributed by atoms with Gasteiger partial charge in [0.25, 0.3) is 5.91 Å². The highest BCUT2D eigenvalue weighted by molar-refractivity contribution is 6.34. The summed E-state index contributed by atoms with van der Waals surface area (Å²) < 4.78 is 10.7. The van der Waals surface area contributed by atoms with Gasteiger partial charge in [-0.25, -0.2) is 0 Å². The third kappa shape index (κ3) is 3.07. The maximum Gasteiger partial charge on any atom is 0.257 e. The molecule has 118 valence electrons. The standard InChI is InChI=1S/C16H12ClNO5/c17-11-4-2-1-3-9(11)15(19)18-12-8-14-13(22-5-6-23-14)7-10(12)16(20)21/h1-4,7-8H,5-6H2,(H,18,19)(H,20,21)/p-1. The van der Waals surface area contributed by atoms with Gasteiger partial charge >= 0.3 is 0 Å². The lowest BCUT2D eigenvalue weighted by Crippen LogP contribution is -2.26. The fourth-order valence-electron chi connectivity index (χ4n) is 2.20. The van der Waals surface area contributed by atoms with Crippen molar-refractivity contribution in [2.24, 2.45) is 0 Å². The van der Waals surface area contributed by atoms with E-state index in [1.165, 1.54) is 18.2 Å². The largest absolute Gasteiger partial charge is 0.545 e. The summed E-state index contributed by atoms with van der Waals surface area (Å²) in [6.07, 6.45) is 0. The molecule has 3 rings (SSSR count). The number of carboxylic acids is 1. The predicted octanol–water partition coefficient (Wildman–Crippen LogP) is 1.73. The molecular weight excluding hydrogens is 322 g/mol. The second-order valence-electron chi connectivity index (χ2n) is 4.76. The SMILES string of the molecule is O=C(Nc1cc2c(cc1C(=O)[O-])OCCO2)c1ccccc1Cl. The van der Waals surface area contributed by atoms with Gasteiger partial charge < -0.3 is 24.7 Å². The van der Waals surface area contributed by atoms with Crippen molar-refractivity contribution in [2.75, 3.05) is 18.5 Å². The first-order valence-electron chi connectivity index (χ1n) is 6.77. The number of hydrogen-bond acceptors (Lipinski definition) is 5. The van der Waals surface area contributed by atoms with Gasteiger partial charge in [0.1, 0.15) is 13.2 Å². The molecule has 0 saturated carbocycles. The van der Waals surface area contributed by atoms with Crippen LogP contribution in [0.25, 0.3) is 0 Å². The minimum absolute atomic E-state index is 0.0548. The van der Waals surface area contributed by atoms with Crippen molar-refractivity contribution in [3.05, 3.63) is 52.5 Å². The maximum absolute atomic E-state index is 12.3. The number of hydrogen-bond donors (Lipinski definition) is 1. The second kappa shape index (κ2) is 6.18. The van der Waals surface area contributed by atoms with E-state index in [-0.39, 0.29) is 21.8 Å². The molecule has 0 fully saturated rings. The van der Waals surface area contributed by atoms with Crippen LogP contribution < -0.4 is 19.9 Å². The van der Waals surface area contributed by atoms with Crippen LogP contribution in [0.1, 0.15) is 20.7 Å². The van der Waals surface area contributed by atoms with E-state index in [1.807, 2.05) is 0 Å². The molecule has 0 spiro atoms. The number of nitrogens with one attached hydrogen (secondary N) is 1. The molecule has 0 radical (unpaired) electrons. The third-order valence-electron chi connectivity index (χ3n) is 3.27. The van der Waals surface area contributed by atoms with Crippen LogP contribution in [-0.4, -0.2) is 25.1 Å². The number of fused-ring (bicyclic) bond motifs is 1. The number of halogens is 1. The van der Waals surface area contributed by atoms with Gasteiger partial charge in [0.15, 0.2) is 11.5 Å². The summed E-state index contributed by atoms with van der Waals surface area (Å²) in [4.78, 5) is 23.6. The summed E-state index contributed by atoms with van der Waals surface area (Å²) in [6.45, 7) is 0.667. The van der Waals surface area contributed by atoms with Gasteiger partial charge in [-0.3, -0.25) is 4.79 Å². The first-order valence-corrected chi connectivity index (χ1v) is 7.15. The molecule has 0 aromatic heterocycles. The molecule has 2 aromatic rings. The molecule has 0 aliphatic carbocycles. The van der Waals surface area contributed by atoms with Gasteiger partial charge in [0.05, 0.1) is 22.2 Å². The molecule has 0 saturated heterocycles. The molecule has 0 unspecified atom stereocenters. The summed E-state index contributed by atoms with van der Waals surface area (Å²) in [5, 5.41) is 14.1. The first kappa shape index (κ1) is 15.2. The number of aromatic carboxylic acids is 1. The van der Waals surface area contributed by atoms with Crippen LogP contribution in [0.15, 0.2) is 36.4 Å². The van der Waals surface area contributed by atoms with Crippen molar-refractivity contribution in [1.82, 2.24) is 0 Å². The Morgan fingerprint density at radius 2 is 1.70 bits per heavy atom. The molecule has 2 aromatic carbocycles. The van der Waals surface area contributed by atoms with Crippen molar-refractivity contribution in [2.45, 2.75) is 0 Å². The topological polar surface area (TPSA) is 87.7 Å². The van der Waals surface area contributed by atoms with E-state index in [0.29, 0.717) is 24.7 Å². The van der Waals surface area contributed by atoms with E-state index >= 15 is 0 Å². The van der Waals surface area contributed by atoms with E-state index in [2.05, 4.69) is 5.32 Å². The quantitative estimate of drug-likeness (QED) is 0.924. The summed E-state index contributed by atoms with van der Waals surface area (Å²) in [7, 11) is 0. The Kier molecular flexibility index (Phi) is 4.08. The zero-order chi connectivity index (χ0) is 16.4. The minimum Gasteiger partial charge on any atom is -0.545 e.